The summed E-state index contributed by atoms with van der Waals surface area (Å²) < 4.78 is 30.1. The number of quaternary nitrogens is 1. The van der Waals surface area contributed by atoms with Crippen LogP contribution in [0, 0.1) is 0 Å². The predicted molar refractivity (Wildman–Crippen MR) is 284 cm³/mol. The van der Waals surface area contributed by atoms with E-state index in [2.05, 4.69) is 74.7 Å². The number of unbranched alkanes of at least 4 members (excludes halogenated alkanes) is 26. The van der Waals surface area contributed by atoms with Crippen molar-refractivity contribution in [1.29, 1.82) is 0 Å². The summed E-state index contributed by atoms with van der Waals surface area (Å²) in [6.45, 7) is 6.69. The Bertz CT molecular complexity index is 1340. The molecule has 0 heterocycles. The lowest BCUT2D eigenvalue weighted by molar-refractivity contribution is -0.870. The monoisotopic (exact) mass is 961 g/mol. The van der Waals surface area contributed by atoms with E-state index in [0.717, 1.165) is 89.9 Å². The van der Waals surface area contributed by atoms with Gasteiger partial charge in [0.05, 0.1) is 33.8 Å². The number of allylic oxidation sites excluding steroid dienone is 9. The lowest BCUT2D eigenvalue weighted by atomic mass is 10.1. The van der Waals surface area contributed by atoms with Gasteiger partial charge in [-0.05, 0) is 83.1 Å². The van der Waals surface area contributed by atoms with Crippen LogP contribution in [-0.4, -0.2) is 69.4 Å². The number of rotatable bonds is 49. The smallest absolute Gasteiger partial charge is 0.306 e. The number of likely N-dealkylation sites (N-methyl/N-ethyl adjacent to an activating group) is 1. The van der Waals surface area contributed by atoms with Gasteiger partial charge in [0, 0.05) is 12.8 Å². The molecule has 0 aliphatic carbocycles. The number of carbonyl (C=O) groups excluding carboxylic acids is 2. The van der Waals surface area contributed by atoms with Crippen molar-refractivity contribution in [2.24, 2.45) is 0 Å². The van der Waals surface area contributed by atoms with Crippen LogP contribution in [0.5, 0.6) is 0 Å². The lowest BCUT2D eigenvalue weighted by Gasteiger charge is -2.30. The molecule has 0 aromatic rings. The maximum atomic E-state index is 13.4. The maximum Gasteiger partial charge on any atom is 0.306 e. The first-order valence-electron chi connectivity index (χ1n) is 27.6. The zero-order valence-electron chi connectivity index (χ0n) is 44.3. The highest BCUT2D eigenvalue weighted by Gasteiger charge is 2.27. The van der Waals surface area contributed by atoms with Gasteiger partial charge < -0.3 is 28.5 Å². The largest absolute Gasteiger partial charge is 0.756 e. The fourth-order valence-corrected chi connectivity index (χ4v) is 8.39. The second kappa shape index (κ2) is 47.4. The number of phosphoric acid groups is 1. The molecule has 0 aromatic carbocycles. The molecule has 0 saturated carbocycles. The molecule has 1 amide bonds. The molecule has 1 N–H and O–H groups in total. The van der Waals surface area contributed by atoms with Gasteiger partial charge in [-0.15, -0.1) is 0 Å². The van der Waals surface area contributed by atoms with Crippen LogP contribution in [0.25, 0.3) is 0 Å². The van der Waals surface area contributed by atoms with Gasteiger partial charge in [-0.3, -0.25) is 14.2 Å². The molecule has 0 spiro atoms. The molecular weight excluding hydrogens is 856 g/mol. The zero-order chi connectivity index (χ0) is 49.4. The van der Waals surface area contributed by atoms with Gasteiger partial charge >= 0.3 is 5.97 Å². The molecule has 0 aliphatic rings. The summed E-state index contributed by atoms with van der Waals surface area (Å²) in [6, 6.07) is -0.904. The molecule has 0 fully saturated rings. The first kappa shape index (κ1) is 64.7. The molecule has 0 aliphatic heterocycles. The molecule has 3 atom stereocenters. The third-order valence-electron chi connectivity index (χ3n) is 12.0. The average molecular weight is 961 g/mol. The SMILES string of the molecule is CC/C=C/C/C=C/CCCCCCCCCC(=O)OC(/C=C/CCCCCCCCCCC)C(COP(=O)([O-])OCC[N+](C)(C)C)NC(=O)CCCCC/C=C/C=C/CCCCCCCCC. The van der Waals surface area contributed by atoms with E-state index in [0.29, 0.717) is 17.4 Å². The second-order valence-electron chi connectivity index (χ2n) is 19.7. The number of carbonyl (C=O) groups is 2. The van der Waals surface area contributed by atoms with Gasteiger partial charge in [-0.2, -0.15) is 0 Å². The summed E-state index contributed by atoms with van der Waals surface area (Å²) in [5.74, 6) is -0.583. The number of esters is 1. The minimum atomic E-state index is -4.70. The van der Waals surface area contributed by atoms with Gasteiger partial charge in [0.25, 0.3) is 7.82 Å². The zero-order valence-corrected chi connectivity index (χ0v) is 45.2. The third kappa shape index (κ3) is 48.5. The topological polar surface area (TPSA) is 114 Å². The molecule has 9 nitrogen and oxygen atoms in total. The highest BCUT2D eigenvalue weighted by atomic mass is 31.2. The molecule has 0 aromatic heterocycles. The molecule has 0 bridgehead atoms. The van der Waals surface area contributed by atoms with Crippen LogP contribution in [0.3, 0.4) is 0 Å². The Kier molecular flexibility index (Phi) is 45.8. The van der Waals surface area contributed by atoms with Gasteiger partial charge in [0.1, 0.15) is 19.3 Å². The number of amides is 1. The normalized spacial score (nSPS) is 14.3. The fraction of sp³-hybridized carbons (Fsp3) is 0.789. The fourth-order valence-electron chi connectivity index (χ4n) is 7.67. The molecule has 10 heteroatoms. The molecule has 67 heavy (non-hydrogen) atoms. The Hall–Kier alpha value is -2.29. The minimum Gasteiger partial charge on any atom is -0.756 e. The number of ether oxygens (including phenoxy) is 1. The number of nitrogens with one attached hydrogen (secondary N) is 1. The summed E-state index contributed by atoms with van der Waals surface area (Å²) in [7, 11) is 1.16. The van der Waals surface area contributed by atoms with Crippen LogP contribution in [0.2, 0.25) is 0 Å². The predicted octanol–water partition coefficient (Wildman–Crippen LogP) is 15.7. The van der Waals surface area contributed by atoms with E-state index in [4.69, 9.17) is 13.8 Å². The van der Waals surface area contributed by atoms with Crippen molar-refractivity contribution in [1.82, 2.24) is 5.32 Å². The number of hydrogen-bond donors (Lipinski definition) is 1. The minimum absolute atomic E-state index is 0.0301. The van der Waals surface area contributed by atoms with Crippen molar-refractivity contribution >= 4 is 19.7 Å². The van der Waals surface area contributed by atoms with Crippen molar-refractivity contribution in [2.75, 3.05) is 40.9 Å². The number of hydrogen-bond acceptors (Lipinski definition) is 7. The summed E-state index contributed by atoms with van der Waals surface area (Å²) in [6.07, 6.45) is 57.6. The summed E-state index contributed by atoms with van der Waals surface area (Å²) in [5, 5.41) is 3.00. The van der Waals surface area contributed by atoms with E-state index >= 15 is 0 Å². The second-order valence-corrected chi connectivity index (χ2v) is 21.1. The van der Waals surface area contributed by atoms with Crippen molar-refractivity contribution in [3.05, 3.63) is 60.8 Å². The number of nitrogens with zero attached hydrogens (tertiary/aromatic N) is 1. The van der Waals surface area contributed by atoms with E-state index in [-0.39, 0.29) is 31.3 Å². The third-order valence-corrected chi connectivity index (χ3v) is 12.9. The molecule has 390 valence electrons. The lowest BCUT2D eigenvalue weighted by Crippen LogP contribution is -2.47. The Morgan fingerprint density at radius 1 is 0.552 bits per heavy atom. The summed E-state index contributed by atoms with van der Waals surface area (Å²) in [4.78, 5) is 39.7. The molecule has 0 radical (unpaired) electrons. The number of phosphoric ester groups is 1. The maximum absolute atomic E-state index is 13.4. The van der Waals surface area contributed by atoms with Crippen LogP contribution in [0.1, 0.15) is 239 Å². The molecule has 3 unspecified atom stereocenters. The first-order chi connectivity index (χ1) is 32.4. The van der Waals surface area contributed by atoms with Crippen molar-refractivity contribution in [2.45, 2.75) is 251 Å². The van der Waals surface area contributed by atoms with E-state index < -0.39 is 26.6 Å². The van der Waals surface area contributed by atoms with E-state index in [1.807, 2.05) is 33.3 Å². The first-order valence-corrected chi connectivity index (χ1v) is 29.1. The Balaban J connectivity index is 5.41. The van der Waals surface area contributed by atoms with Crippen molar-refractivity contribution < 1.29 is 37.3 Å². The van der Waals surface area contributed by atoms with E-state index in [1.54, 1.807) is 0 Å². The van der Waals surface area contributed by atoms with E-state index in [9.17, 15) is 19.0 Å². The van der Waals surface area contributed by atoms with Crippen LogP contribution >= 0.6 is 7.82 Å². The van der Waals surface area contributed by atoms with E-state index in [1.165, 1.54) is 109 Å². The Labute approximate surface area is 413 Å². The van der Waals surface area contributed by atoms with Gasteiger partial charge in [-0.1, -0.05) is 204 Å². The molecule has 0 saturated heterocycles. The average Bonchev–Trinajstić information content (AvgIpc) is 3.28. The highest BCUT2D eigenvalue weighted by molar-refractivity contribution is 7.45. The highest BCUT2D eigenvalue weighted by Crippen LogP contribution is 2.38. The van der Waals surface area contributed by atoms with Gasteiger partial charge in [0.15, 0.2) is 0 Å². The summed E-state index contributed by atoms with van der Waals surface area (Å²) >= 11 is 0. The quantitative estimate of drug-likeness (QED) is 0.0161. The van der Waals surface area contributed by atoms with Crippen LogP contribution in [0.15, 0.2) is 60.8 Å². The van der Waals surface area contributed by atoms with Crippen molar-refractivity contribution in [3.63, 3.8) is 0 Å². The molecule has 0 rings (SSSR count). The Morgan fingerprint density at radius 3 is 1.52 bits per heavy atom. The Morgan fingerprint density at radius 2 is 1.00 bits per heavy atom. The van der Waals surface area contributed by atoms with Crippen molar-refractivity contribution in [3.8, 4) is 0 Å². The van der Waals surface area contributed by atoms with Crippen LogP contribution in [-0.2, 0) is 27.9 Å². The van der Waals surface area contributed by atoms with Gasteiger partial charge in [0.2, 0.25) is 5.91 Å². The van der Waals surface area contributed by atoms with Crippen LogP contribution in [0.4, 0.5) is 0 Å². The van der Waals surface area contributed by atoms with Crippen LogP contribution < -0.4 is 10.2 Å². The molecular formula is C57H105N2O7P. The summed E-state index contributed by atoms with van der Waals surface area (Å²) in [5.41, 5.74) is 0. The standard InChI is InChI=1S/C57H105N2O7P/c1-7-10-13-16-19-22-25-27-29-30-31-34-37-40-43-46-49-56(60)58-54(53-65-67(62,63)64-52-51-59(4,5)6)55(48-45-42-39-36-33-24-21-18-15-12-9-3)66-57(61)50-47-44-41-38-35-32-28-26-23-20-17-14-11-8-2/h11,14,20,23,29-31,34,45,48,54-55H,7-10,12-13,15-19,21-22,24-28,32-33,35-44,46-47,49-53H2,1-6H3,(H-,58,60,62,63)/b14-11+,23-20+,30-29+,34-31+,48-45+. The van der Waals surface area contributed by atoms with Gasteiger partial charge in [-0.25, -0.2) is 0 Å².